The van der Waals surface area contributed by atoms with Crippen molar-refractivity contribution in [3.8, 4) is 23.3 Å². The van der Waals surface area contributed by atoms with Gasteiger partial charge in [0, 0.05) is 11.1 Å². The van der Waals surface area contributed by atoms with E-state index in [1.807, 2.05) is 13.0 Å². The zero-order valence-corrected chi connectivity index (χ0v) is 16.5. The summed E-state index contributed by atoms with van der Waals surface area (Å²) in [6.07, 6.45) is 0.851. The number of nitriles is 1. The molecule has 0 N–H and O–H groups in total. The van der Waals surface area contributed by atoms with Crippen LogP contribution in [0.1, 0.15) is 32.3 Å². The second-order valence-electron chi connectivity index (χ2n) is 5.73. The monoisotopic (exact) mass is 407 g/mol. The molecule has 0 aliphatic rings. The van der Waals surface area contributed by atoms with Gasteiger partial charge in [-0.1, -0.05) is 36.5 Å². The molecule has 0 saturated heterocycles. The van der Waals surface area contributed by atoms with Gasteiger partial charge in [0.05, 0.1) is 17.2 Å². The van der Waals surface area contributed by atoms with Crippen molar-refractivity contribution < 1.29 is 19.0 Å². The first-order valence-corrected chi connectivity index (χ1v) is 9.20. The molecule has 1 atom stereocenters. The minimum Gasteiger partial charge on any atom is -0.477 e. The van der Waals surface area contributed by atoms with E-state index in [0.29, 0.717) is 28.2 Å². The molecule has 2 rings (SSSR count). The molecule has 0 bridgehead atoms. The summed E-state index contributed by atoms with van der Waals surface area (Å²) in [7, 11) is 0. The highest BCUT2D eigenvalue weighted by Crippen LogP contribution is 2.34. The Morgan fingerprint density at radius 1 is 1.19 bits per heavy atom. The number of carbonyl (C=O) groups excluding carboxylic acids is 1. The summed E-state index contributed by atoms with van der Waals surface area (Å²) in [5.74, 6) is 0.544. The maximum atomic E-state index is 12.0. The van der Waals surface area contributed by atoms with Gasteiger partial charge in [0.2, 0.25) is 0 Å². The van der Waals surface area contributed by atoms with E-state index in [0.717, 1.165) is 12.8 Å². The van der Waals surface area contributed by atoms with Crippen LogP contribution < -0.4 is 9.47 Å². The number of unbranched alkanes of at least 4 members (excludes halogenated alkanes) is 1. The van der Waals surface area contributed by atoms with Gasteiger partial charge in [-0.3, -0.25) is 0 Å². The van der Waals surface area contributed by atoms with E-state index < -0.39 is 12.1 Å². The van der Waals surface area contributed by atoms with E-state index in [9.17, 15) is 10.1 Å². The van der Waals surface area contributed by atoms with Crippen molar-refractivity contribution in [2.24, 2.45) is 0 Å². The van der Waals surface area contributed by atoms with Crippen LogP contribution in [0.25, 0.3) is 0 Å². The maximum Gasteiger partial charge on any atom is 0.347 e. The Balaban J connectivity index is 2.15. The standard InChI is InChI=1S/C20H19Cl2NO4/c1-3-4-9-25-20(24)13(2)26-19-11-16(7-5-14(19)12-23)27-18-8-6-15(21)10-17(18)22/h5-8,10-11,13H,3-4,9H2,1-2H3. The van der Waals surface area contributed by atoms with Gasteiger partial charge in [0.1, 0.15) is 23.3 Å². The van der Waals surface area contributed by atoms with E-state index in [1.54, 1.807) is 37.3 Å². The first-order chi connectivity index (χ1) is 12.9. The van der Waals surface area contributed by atoms with Crippen LogP contribution in [0.3, 0.4) is 0 Å². The molecule has 0 spiro atoms. The second-order valence-corrected chi connectivity index (χ2v) is 6.57. The Hall–Kier alpha value is -2.42. The van der Waals surface area contributed by atoms with Gasteiger partial charge in [0.25, 0.3) is 0 Å². The van der Waals surface area contributed by atoms with Crippen LogP contribution in [0.5, 0.6) is 17.2 Å². The normalized spacial score (nSPS) is 11.4. The molecular formula is C20H19Cl2NO4. The Morgan fingerprint density at radius 3 is 2.63 bits per heavy atom. The Bertz CT molecular complexity index is 848. The molecule has 1 unspecified atom stereocenters. The Labute approximate surface area is 168 Å². The minimum atomic E-state index is -0.858. The van der Waals surface area contributed by atoms with Crippen molar-refractivity contribution >= 4 is 29.2 Å². The summed E-state index contributed by atoms with van der Waals surface area (Å²) in [5.41, 5.74) is 0.276. The van der Waals surface area contributed by atoms with E-state index in [1.165, 1.54) is 6.07 Å². The molecule has 142 valence electrons. The lowest BCUT2D eigenvalue weighted by atomic mass is 10.2. The van der Waals surface area contributed by atoms with Crippen molar-refractivity contribution in [1.29, 1.82) is 5.26 Å². The number of nitrogens with zero attached hydrogens (tertiary/aromatic N) is 1. The van der Waals surface area contributed by atoms with Gasteiger partial charge < -0.3 is 14.2 Å². The Kier molecular flexibility index (Phi) is 7.78. The number of esters is 1. The smallest absolute Gasteiger partial charge is 0.347 e. The molecule has 5 nitrogen and oxygen atoms in total. The first kappa shape index (κ1) is 20.9. The molecule has 27 heavy (non-hydrogen) atoms. The average Bonchev–Trinajstić information content (AvgIpc) is 2.64. The molecular weight excluding hydrogens is 389 g/mol. The number of benzene rings is 2. The van der Waals surface area contributed by atoms with E-state index >= 15 is 0 Å². The van der Waals surface area contributed by atoms with Gasteiger partial charge in [0.15, 0.2) is 6.10 Å². The fourth-order valence-electron chi connectivity index (χ4n) is 2.11. The summed E-state index contributed by atoms with van der Waals surface area (Å²) in [4.78, 5) is 12.0. The molecule has 2 aromatic rings. The van der Waals surface area contributed by atoms with Crippen LogP contribution >= 0.6 is 23.2 Å². The fourth-order valence-corrected chi connectivity index (χ4v) is 2.56. The topological polar surface area (TPSA) is 68.6 Å². The highest BCUT2D eigenvalue weighted by atomic mass is 35.5. The zero-order valence-electron chi connectivity index (χ0n) is 15.0. The third-order valence-corrected chi connectivity index (χ3v) is 4.10. The van der Waals surface area contributed by atoms with Crippen LogP contribution in [-0.4, -0.2) is 18.7 Å². The molecule has 0 aliphatic heterocycles. The quantitative estimate of drug-likeness (QED) is 0.410. The maximum absolute atomic E-state index is 12.0. The van der Waals surface area contributed by atoms with Crippen molar-refractivity contribution in [2.45, 2.75) is 32.8 Å². The second kappa shape index (κ2) is 10.1. The first-order valence-electron chi connectivity index (χ1n) is 8.45. The number of hydrogen-bond acceptors (Lipinski definition) is 5. The van der Waals surface area contributed by atoms with Crippen LogP contribution in [-0.2, 0) is 9.53 Å². The SMILES string of the molecule is CCCCOC(=O)C(C)Oc1cc(Oc2ccc(Cl)cc2Cl)ccc1C#N. The number of carbonyl (C=O) groups is 1. The van der Waals surface area contributed by atoms with Gasteiger partial charge in [-0.15, -0.1) is 0 Å². The van der Waals surface area contributed by atoms with Crippen molar-refractivity contribution in [3.05, 3.63) is 52.0 Å². The fraction of sp³-hybridized carbons (Fsp3) is 0.300. The number of rotatable bonds is 8. The molecule has 0 heterocycles. The van der Waals surface area contributed by atoms with Crippen LogP contribution in [0, 0.1) is 11.3 Å². The molecule has 2 aromatic carbocycles. The molecule has 7 heteroatoms. The van der Waals surface area contributed by atoms with Crippen LogP contribution in [0.2, 0.25) is 10.0 Å². The third kappa shape index (κ3) is 6.06. The summed E-state index contributed by atoms with van der Waals surface area (Å²) >= 11 is 12.0. The highest BCUT2D eigenvalue weighted by Gasteiger charge is 2.19. The molecule has 0 aromatic heterocycles. The van der Waals surface area contributed by atoms with Gasteiger partial charge >= 0.3 is 5.97 Å². The lowest BCUT2D eigenvalue weighted by Crippen LogP contribution is -2.26. The molecule has 0 aliphatic carbocycles. The summed E-state index contributed by atoms with van der Waals surface area (Å²) in [6.45, 7) is 3.91. The van der Waals surface area contributed by atoms with E-state index in [4.69, 9.17) is 37.4 Å². The average molecular weight is 408 g/mol. The van der Waals surface area contributed by atoms with Crippen molar-refractivity contribution in [1.82, 2.24) is 0 Å². The van der Waals surface area contributed by atoms with Crippen LogP contribution in [0.4, 0.5) is 0 Å². The van der Waals surface area contributed by atoms with Gasteiger partial charge in [-0.25, -0.2) is 4.79 Å². The van der Waals surface area contributed by atoms with Crippen LogP contribution in [0.15, 0.2) is 36.4 Å². The largest absolute Gasteiger partial charge is 0.477 e. The minimum absolute atomic E-state index is 0.222. The molecule has 0 saturated carbocycles. The summed E-state index contributed by atoms with van der Waals surface area (Å²) in [6, 6.07) is 11.6. The zero-order chi connectivity index (χ0) is 19.8. The number of hydrogen-bond donors (Lipinski definition) is 0. The molecule has 0 radical (unpaired) electrons. The number of ether oxygens (including phenoxy) is 3. The lowest BCUT2D eigenvalue weighted by Gasteiger charge is -2.16. The predicted molar refractivity (Wildman–Crippen MR) is 104 cm³/mol. The molecule has 0 amide bonds. The van der Waals surface area contributed by atoms with Crippen molar-refractivity contribution in [2.75, 3.05) is 6.61 Å². The van der Waals surface area contributed by atoms with Crippen molar-refractivity contribution in [3.63, 3.8) is 0 Å². The lowest BCUT2D eigenvalue weighted by molar-refractivity contribution is -0.151. The van der Waals surface area contributed by atoms with Gasteiger partial charge in [-0.2, -0.15) is 5.26 Å². The highest BCUT2D eigenvalue weighted by molar-refractivity contribution is 6.35. The van der Waals surface area contributed by atoms with E-state index in [-0.39, 0.29) is 11.3 Å². The predicted octanol–water partition coefficient (Wildman–Crippen LogP) is 5.77. The third-order valence-electron chi connectivity index (χ3n) is 3.57. The van der Waals surface area contributed by atoms with Gasteiger partial charge in [-0.05, 0) is 43.7 Å². The summed E-state index contributed by atoms with van der Waals surface area (Å²) < 4.78 is 16.5. The number of halogens is 2. The summed E-state index contributed by atoms with van der Waals surface area (Å²) in [5, 5.41) is 10.1. The Morgan fingerprint density at radius 2 is 1.96 bits per heavy atom. The van der Waals surface area contributed by atoms with E-state index in [2.05, 4.69) is 0 Å². The molecule has 0 fully saturated rings.